The molecule has 0 aliphatic carbocycles. The van der Waals surface area contributed by atoms with Crippen LogP contribution in [0.3, 0.4) is 0 Å². The van der Waals surface area contributed by atoms with E-state index in [9.17, 15) is 35.1 Å². The number of methoxy groups -OCH3 is 1. The first-order valence-electron chi connectivity index (χ1n) is 11.8. The molecule has 0 saturated carbocycles. The minimum absolute atomic E-state index is 0.00741. The molecule has 1 aromatic carbocycles. The maximum Gasteiger partial charge on any atom is 0.336 e. The number of ether oxygens (including phenoxy) is 6. The Labute approximate surface area is 215 Å². The summed E-state index contributed by atoms with van der Waals surface area (Å²) in [6, 6.07) is 5.64. The van der Waals surface area contributed by atoms with Gasteiger partial charge in [-0.1, -0.05) is 0 Å². The molecule has 3 heterocycles. The lowest BCUT2D eigenvalue weighted by atomic mass is 9.98. The van der Waals surface area contributed by atoms with E-state index in [1.54, 1.807) is 0 Å². The van der Waals surface area contributed by atoms with Crippen LogP contribution in [0.25, 0.3) is 11.0 Å². The predicted octanol–water partition coefficient (Wildman–Crippen LogP) is -1.60. The van der Waals surface area contributed by atoms with E-state index in [2.05, 4.69) is 0 Å². The minimum Gasteiger partial charge on any atom is -0.493 e. The van der Waals surface area contributed by atoms with Gasteiger partial charge in [0, 0.05) is 24.4 Å². The number of carbonyl (C=O) groups excluding carboxylic acids is 1. The van der Waals surface area contributed by atoms with Gasteiger partial charge in [-0.2, -0.15) is 0 Å². The number of fused-ring (bicyclic) bond motifs is 1. The Kier molecular flexibility index (Phi) is 8.54. The first-order valence-corrected chi connectivity index (χ1v) is 11.8. The van der Waals surface area contributed by atoms with Crippen molar-refractivity contribution < 1.29 is 63.2 Å². The number of rotatable bonds is 7. The fourth-order valence-corrected chi connectivity index (χ4v) is 4.26. The molecular formula is C24H30O14. The summed E-state index contributed by atoms with van der Waals surface area (Å²) in [6.45, 7) is 2.09. The second kappa shape index (κ2) is 11.5. The smallest absolute Gasteiger partial charge is 0.336 e. The van der Waals surface area contributed by atoms with Crippen molar-refractivity contribution in [1.29, 1.82) is 0 Å². The minimum atomic E-state index is -1.68. The molecule has 10 atom stereocenters. The van der Waals surface area contributed by atoms with Crippen LogP contribution in [-0.2, 0) is 23.7 Å². The van der Waals surface area contributed by atoms with E-state index in [-0.39, 0.29) is 17.1 Å². The van der Waals surface area contributed by atoms with E-state index in [1.807, 2.05) is 0 Å². The van der Waals surface area contributed by atoms with Crippen molar-refractivity contribution in [2.75, 3.05) is 13.7 Å². The summed E-state index contributed by atoms with van der Waals surface area (Å²) in [6.07, 6.45) is -14.4. The van der Waals surface area contributed by atoms with Gasteiger partial charge in [0.2, 0.25) is 6.29 Å². The number of esters is 1. The maximum atomic E-state index is 11.7. The monoisotopic (exact) mass is 542 g/mol. The highest BCUT2D eigenvalue weighted by Gasteiger charge is 2.49. The molecule has 2 saturated heterocycles. The molecule has 1 aromatic heterocycles. The van der Waals surface area contributed by atoms with Gasteiger partial charge < -0.3 is 58.4 Å². The van der Waals surface area contributed by atoms with Gasteiger partial charge >= 0.3 is 11.6 Å². The predicted molar refractivity (Wildman–Crippen MR) is 124 cm³/mol. The average molecular weight is 542 g/mol. The summed E-state index contributed by atoms with van der Waals surface area (Å²) in [7, 11) is 1.37. The Bertz CT molecular complexity index is 1180. The molecule has 2 aliphatic heterocycles. The third-order valence-electron chi connectivity index (χ3n) is 6.33. The van der Waals surface area contributed by atoms with Crippen LogP contribution in [0.1, 0.15) is 13.8 Å². The molecule has 2 aromatic rings. The van der Waals surface area contributed by atoms with E-state index in [0.29, 0.717) is 5.39 Å². The van der Waals surface area contributed by atoms with Crippen LogP contribution >= 0.6 is 0 Å². The Hall–Kier alpha value is -2.82. The summed E-state index contributed by atoms with van der Waals surface area (Å²) in [4.78, 5) is 23.3. The third-order valence-corrected chi connectivity index (χ3v) is 6.33. The van der Waals surface area contributed by atoms with Gasteiger partial charge in [0.1, 0.15) is 36.1 Å². The van der Waals surface area contributed by atoms with E-state index >= 15 is 0 Å². The van der Waals surface area contributed by atoms with E-state index in [1.165, 1.54) is 38.3 Å². The highest BCUT2D eigenvalue weighted by molar-refractivity contribution is 5.80. The van der Waals surface area contributed by atoms with Crippen LogP contribution in [0.15, 0.2) is 33.5 Å². The van der Waals surface area contributed by atoms with Crippen LogP contribution in [0.4, 0.5) is 0 Å². The summed E-state index contributed by atoms with van der Waals surface area (Å²) < 4.78 is 38.1. The summed E-state index contributed by atoms with van der Waals surface area (Å²) in [5, 5.41) is 52.2. The molecule has 210 valence electrons. The molecule has 4 rings (SSSR count). The second-order valence-electron chi connectivity index (χ2n) is 9.03. The Balaban J connectivity index is 1.56. The number of benzene rings is 1. The first kappa shape index (κ1) is 28.2. The van der Waals surface area contributed by atoms with Crippen molar-refractivity contribution in [3.8, 4) is 11.5 Å². The van der Waals surface area contributed by atoms with Gasteiger partial charge in [0.15, 0.2) is 30.0 Å². The van der Waals surface area contributed by atoms with Crippen LogP contribution in [0.5, 0.6) is 11.5 Å². The molecule has 14 heteroatoms. The number of hydrogen-bond acceptors (Lipinski definition) is 14. The van der Waals surface area contributed by atoms with Crippen LogP contribution in [-0.4, -0.2) is 107 Å². The molecule has 0 amide bonds. The number of aliphatic hydroxyl groups excluding tert-OH is 5. The molecule has 14 nitrogen and oxygen atoms in total. The number of aliphatic hydroxyl groups is 5. The zero-order valence-corrected chi connectivity index (χ0v) is 20.7. The fraction of sp³-hybridized carbons (Fsp3) is 0.583. The van der Waals surface area contributed by atoms with Crippen LogP contribution in [0, 0.1) is 0 Å². The topological polar surface area (TPSA) is 204 Å². The zero-order chi connectivity index (χ0) is 27.7. The summed E-state index contributed by atoms with van der Waals surface area (Å²) in [5.41, 5.74) is -0.440. The van der Waals surface area contributed by atoms with Gasteiger partial charge in [0.05, 0.1) is 19.8 Å². The van der Waals surface area contributed by atoms with Crippen LogP contribution < -0.4 is 15.1 Å². The van der Waals surface area contributed by atoms with Gasteiger partial charge in [0.25, 0.3) is 0 Å². The Morgan fingerprint density at radius 3 is 2.34 bits per heavy atom. The lowest BCUT2D eigenvalue weighted by Crippen LogP contribution is -2.62. The lowest BCUT2D eigenvalue weighted by Gasteiger charge is -2.43. The van der Waals surface area contributed by atoms with Gasteiger partial charge in [-0.25, -0.2) is 4.79 Å². The number of carbonyl (C=O) groups is 1. The van der Waals surface area contributed by atoms with Crippen molar-refractivity contribution in [1.82, 2.24) is 0 Å². The van der Waals surface area contributed by atoms with Gasteiger partial charge in [-0.15, -0.1) is 0 Å². The largest absolute Gasteiger partial charge is 0.493 e. The molecule has 0 radical (unpaired) electrons. The van der Waals surface area contributed by atoms with Crippen molar-refractivity contribution in [2.24, 2.45) is 0 Å². The van der Waals surface area contributed by atoms with E-state index < -0.39 is 79.6 Å². The molecule has 5 N–H and O–H groups in total. The summed E-state index contributed by atoms with van der Waals surface area (Å²) >= 11 is 0. The highest BCUT2D eigenvalue weighted by atomic mass is 16.7. The molecule has 0 bridgehead atoms. The Morgan fingerprint density at radius 1 is 0.921 bits per heavy atom. The molecular weight excluding hydrogens is 512 g/mol. The van der Waals surface area contributed by atoms with Crippen molar-refractivity contribution >= 4 is 16.9 Å². The van der Waals surface area contributed by atoms with Crippen molar-refractivity contribution in [3.05, 3.63) is 34.7 Å². The van der Waals surface area contributed by atoms with Crippen molar-refractivity contribution in [2.45, 2.75) is 75.3 Å². The zero-order valence-electron chi connectivity index (χ0n) is 20.7. The quantitative estimate of drug-likeness (QED) is 0.198. The average Bonchev–Trinajstić information content (AvgIpc) is 2.88. The number of hydrogen-bond donors (Lipinski definition) is 5. The van der Waals surface area contributed by atoms with Gasteiger partial charge in [-0.3, -0.25) is 4.79 Å². The van der Waals surface area contributed by atoms with Crippen molar-refractivity contribution in [3.63, 3.8) is 0 Å². The molecule has 0 spiro atoms. The summed E-state index contributed by atoms with van der Waals surface area (Å²) in [5.74, 6) is -0.589. The normalized spacial score (nSPS) is 35.6. The lowest BCUT2D eigenvalue weighted by molar-refractivity contribution is -0.319. The maximum absolute atomic E-state index is 11.7. The molecule has 38 heavy (non-hydrogen) atoms. The van der Waals surface area contributed by atoms with E-state index in [4.69, 9.17) is 32.8 Å². The fourth-order valence-electron chi connectivity index (χ4n) is 4.26. The standard InChI is InChI=1S/C24H30O14/c1-9-17(27)19(29)20(30)23(34-9)33-8-15-18(28)22(35-10(2)25)21(31)24(38-15)37-14-7-12-11(6-13(14)32-3)4-5-16(26)36-12/h4-7,9,15,17-24,27-31H,8H2,1-3H3/t9-,15+,17+,18-,19-,20-,21-,22+,23-,24-/m1/s1. The second-order valence-corrected chi connectivity index (χ2v) is 9.03. The third kappa shape index (κ3) is 5.77. The highest BCUT2D eigenvalue weighted by Crippen LogP contribution is 2.35. The molecule has 0 unspecified atom stereocenters. The van der Waals surface area contributed by atoms with E-state index in [0.717, 1.165) is 6.92 Å². The first-order chi connectivity index (χ1) is 18.0. The molecule has 2 fully saturated rings. The van der Waals surface area contributed by atoms with Crippen LogP contribution in [0.2, 0.25) is 0 Å². The Morgan fingerprint density at radius 2 is 1.66 bits per heavy atom. The van der Waals surface area contributed by atoms with Gasteiger partial charge in [-0.05, 0) is 19.1 Å². The SMILES string of the molecule is COc1cc2ccc(=O)oc2cc1O[C@@H]1O[C@@H](CO[C@@H]2O[C@H](C)[C@H](O)[C@@H](O)[C@H]2O)[C@@H](O)[C@H](OC(C)=O)[C@H]1O. The molecule has 2 aliphatic rings.